The fraction of sp³-hybridized carbons (Fsp3) is 0.182. The molecule has 0 bridgehead atoms. The molecule has 0 radical (unpaired) electrons. The van der Waals surface area contributed by atoms with Crippen molar-refractivity contribution in [3.05, 3.63) is 47.2 Å². The van der Waals surface area contributed by atoms with Gasteiger partial charge in [0.15, 0.2) is 5.82 Å². The molecule has 0 atom stereocenters. The molecule has 0 saturated heterocycles. The minimum atomic E-state index is -4.31. The average molecular weight is 242 g/mol. The molecule has 0 unspecified atom stereocenters. The predicted molar refractivity (Wildman–Crippen MR) is 55.2 cm³/mol. The first-order chi connectivity index (χ1) is 7.95. The Labute approximate surface area is 95.0 Å². The van der Waals surface area contributed by atoms with Crippen molar-refractivity contribution in [2.24, 2.45) is 0 Å². The number of nitrogens with zero attached hydrogens (tertiary/aromatic N) is 1. The number of hydrogen-bond donors (Lipinski definition) is 1. The van der Waals surface area contributed by atoms with E-state index in [1.165, 1.54) is 18.2 Å². The van der Waals surface area contributed by atoms with Gasteiger partial charge in [0, 0.05) is 12.5 Å². The number of rotatable bonds is 2. The van der Waals surface area contributed by atoms with Crippen LogP contribution in [0.5, 0.6) is 0 Å². The van der Waals surface area contributed by atoms with Crippen LogP contribution in [0, 0.1) is 0 Å². The molecule has 6 heteroatoms. The Morgan fingerprint density at radius 3 is 2.29 bits per heavy atom. The maximum absolute atomic E-state index is 12.3. The summed E-state index contributed by atoms with van der Waals surface area (Å²) in [5.41, 5.74) is 5.39. The lowest BCUT2D eigenvalue weighted by molar-refractivity contribution is -0.137. The molecule has 2 aromatic rings. The molecule has 90 valence electrons. The van der Waals surface area contributed by atoms with Gasteiger partial charge in [0.1, 0.15) is 5.76 Å². The van der Waals surface area contributed by atoms with Crippen LogP contribution >= 0.6 is 0 Å². The number of aromatic nitrogens is 1. The number of hydrogen-bond acceptors (Lipinski definition) is 3. The fourth-order valence-electron chi connectivity index (χ4n) is 1.43. The van der Waals surface area contributed by atoms with Crippen molar-refractivity contribution in [3.8, 4) is 0 Å². The molecule has 1 heterocycles. The summed E-state index contributed by atoms with van der Waals surface area (Å²) in [6, 6.07) is 6.42. The molecule has 0 fully saturated rings. The maximum Gasteiger partial charge on any atom is 0.416 e. The van der Waals surface area contributed by atoms with E-state index in [1.807, 2.05) is 0 Å². The van der Waals surface area contributed by atoms with Gasteiger partial charge in [0.05, 0.1) is 5.56 Å². The summed E-state index contributed by atoms with van der Waals surface area (Å²) in [4.78, 5) is 0. The molecule has 0 aliphatic rings. The average Bonchev–Trinajstić information content (AvgIpc) is 2.63. The summed E-state index contributed by atoms with van der Waals surface area (Å²) in [6.07, 6.45) is -3.95. The summed E-state index contributed by atoms with van der Waals surface area (Å²) in [7, 11) is 0. The van der Waals surface area contributed by atoms with E-state index in [-0.39, 0.29) is 5.82 Å². The van der Waals surface area contributed by atoms with Gasteiger partial charge in [-0.05, 0) is 17.7 Å². The highest BCUT2D eigenvalue weighted by atomic mass is 19.4. The predicted octanol–water partition coefficient (Wildman–Crippen LogP) is 2.87. The van der Waals surface area contributed by atoms with Crippen LogP contribution in [0.15, 0.2) is 34.9 Å². The Morgan fingerprint density at radius 2 is 1.82 bits per heavy atom. The van der Waals surface area contributed by atoms with Gasteiger partial charge in [-0.25, -0.2) is 0 Å². The number of alkyl halides is 3. The van der Waals surface area contributed by atoms with Crippen LogP contribution < -0.4 is 5.73 Å². The van der Waals surface area contributed by atoms with Gasteiger partial charge < -0.3 is 10.3 Å². The van der Waals surface area contributed by atoms with Gasteiger partial charge in [-0.1, -0.05) is 17.3 Å². The highest BCUT2D eigenvalue weighted by Crippen LogP contribution is 2.29. The minimum Gasteiger partial charge on any atom is -0.381 e. The first-order valence-corrected chi connectivity index (χ1v) is 4.82. The van der Waals surface area contributed by atoms with Crippen LogP contribution in [-0.2, 0) is 12.6 Å². The summed E-state index contributed by atoms with van der Waals surface area (Å²) in [5.74, 6) is 0.772. The molecule has 2 N–H and O–H groups in total. The second-order valence-corrected chi connectivity index (χ2v) is 3.59. The molecule has 0 aliphatic carbocycles. The second-order valence-electron chi connectivity index (χ2n) is 3.59. The number of halogens is 3. The standard InChI is InChI=1S/C11H9F3N2O/c12-11(13,14)8-3-1-7(2-4-8)5-9-6-10(15)16-17-9/h1-4,6H,5H2,(H2,15,16). The van der Waals surface area contributed by atoms with Crippen LogP contribution in [0.25, 0.3) is 0 Å². The minimum absolute atomic E-state index is 0.256. The molecule has 0 aliphatic heterocycles. The Kier molecular flexibility index (Phi) is 2.79. The van der Waals surface area contributed by atoms with Gasteiger partial charge in [-0.15, -0.1) is 0 Å². The highest BCUT2D eigenvalue weighted by Gasteiger charge is 2.29. The monoisotopic (exact) mass is 242 g/mol. The van der Waals surface area contributed by atoms with Crippen LogP contribution in [0.4, 0.5) is 19.0 Å². The van der Waals surface area contributed by atoms with Crippen molar-refractivity contribution in [2.45, 2.75) is 12.6 Å². The van der Waals surface area contributed by atoms with E-state index in [9.17, 15) is 13.2 Å². The molecular formula is C11H9F3N2O. The van der Waals surface area contributed by atoms with Crippen LogP contribution in [0.1, 0.15) is 16.9 Å². The van der Waals surface area contributed by atoms with E-state index < -0.39 is 11.7 Å². The van der Waals surface area contributed by atoms with Crippen molar-refractivity contribution in [1.29, 1.82) is 0 Å². The first-order valence-electron chi connectivity index (χ1n) is 4.82. The molecule has 17 heavy (non-hydrogen) atoms. The second kappa shape index (κ2) is 4.12. The number of anilines is 1. The normalized spacial score (nSPS) is 11.7. The SMILES string of the molecule is Nc1cc(Cc2ccc(C(F)(F)F)cc2)on1. The van der Waals surface area contributed by atoms with E-state index in [4.69, 9.17) is 10.3 Å². The van der Waals surface area contributed by atoms with Crippen molar-refractivity contribution in [2.75, 3.05) is 5.73 Å². The molecule has 2 rings (SSSR count). The van der Waals surface area contributed by atoms with E-state index in [1.54, 1.807) is 0 Å². The van der Waals surface area contributed by atoms with E-state index in [2.05, 4.69) is 5.16 Å². The summed E-state index contributed by atoms with van der Waals surface area (Å²) < 4.78 is 41.8. The van der Waals surface area contributed by atoms with Crippen molar-refractivity contribution in [3.63, 3.8) is 0 Å². The Balaban J connectivity index is 2.13. The molecular weight excluding hydrogens is 233 g/mol. The lowest BCUT2D eigenvalue weighted by Gasteiger charge is -2.06. The third-order valence-electron chi connectivity index (χ3n) is 2.24. The summed E-state index contributed by atoms with van der Waals surface area (Å²) in [6.45, 7) is 0. The zero-order chi connectivity index (χ0) is 12.5. The number of nitrogen functional groups attached to an aromatic ring is 1. The van der Waals surface area contributed by atoms with E-state index in [0.29, 0.717) is 17.7 Å². The Morgan fingerprint density at radius 1 is 1.18 bits per heavy atom. The maximum atomic E-state index is 12.3. The molecule has 1 aromatic heterocycles. The zero-order valence-electron chi connectivity index (χ0n) is 8.66. The Hall–Kier alpha value is -1.98. The quantitative estimate of drug-likeness (QED) is 0.880. The third-order valence-corrected chi connectivity index (χ3v) is 2.24. The summed E-state index contributed by atoms with van der Waals surface area (Å²) >= 11 is 0. The van der Waals surface area contributed by atoms with Crippen LogP contribution in [-0.4, -0.2) is 5.16 Å². The zero-order valence-corrected chi connectivity index (χ0v) is 8.66. The molecule has 3 nitrogen and oxygen atoms in total. The van der Waals surface area contributed by atoms with Gasteiger partial charge in [0.2, 0.25) is 0 Å². The van der Waals surface area contributed by atoms with Crippen LogP contribution in [0.3, 0.4) is 0 Å². The van der Waals surface area contributed by atoms with Gasteiger partial charge in [-0.2, -0.15) is 13.2 Å². The number of benzene rings is 1. The van der Waals surface area contributed by atoms with Crippen molar-refractivity contribution in [1.82, 2.24) is 5.16 Å². The van der Waals surface area contributed by atoms with Crippen molar-refractivity contribution < 1.29 is 17.7 Å². The van der Waals surface area contributed by atoms with E-state index in [0.717, 1.165) is 12.1 Å². The molecule has 0 amide bonds. The molecule has 0 saturated carbocycles. The van der Waals surface area contributed by atoms with Crippen LogP contribution in [0.2, 0.25) is 0 Å². The van der Waals surface area contributed by atoms with Gasteiger partial charge in [0.25, 0.3) is 0 Å². The van der Waals surface area contributed by atoms with E-state index >= 15 is 0 Å². The number of nitrogens with two attached hydrogens (primary N) is 1. The molecule has 1 aromatic carbocycles. The smallest absolute Gasteiger partial charge is 0.381 e. The summed E-state index contributed by atoms with van der Waals surface area (Å²) in [5, 5.41) is 3.49. The van der Waals surface area contributed by atoms with Gasteiger partial charge >= 0.3 is 6.18 Å². The fourth-order valence-corrected chi connectivity index (χ4v) is 1.43. The highest BCUT2D eigenvalue weighted by molar-refractivity contribution is 5.31. The lowest BCUT2D eigenvalue weighted by atomic mass is 10.1. The Bertz CT molecular complexity index is 502. The molecule has 0 spiro atoms. The van der Waals surface area contributed by atoms with Gasteiger partial charge in [-0.3, -0.25) is 0 Å². The third kappa shape index (κ3) is 2.77. The first kappa shape index (κ1) is 11.5. The lowest BCUT2D eigenvalue weighted by Crippen LogP contribution is -2.04. The van der Waals surface area contributed by atoms with Crippen molar-refractivity contribution >= 4 is 5.82 Å². The topological polar surface area (TPSA) is 52.0 Å². The largest absolute Gasteiger partial charge is 0.416 e.